The van der Waals surface area contributed by atoms with Gasteiger partial charge < -0.3 is 4.74 Å². The average molecular weight is 374 g/mol. The van der Waals surface area contributed by atoms with Crippen molar-refractivity contribution in [3.05, 3.63) is 87.7 Å². The van der Waals surface area contributed by atoms with Crippen molar-refractivity contribution in [2.75, 3.05) is 12.0 Å². The number of ether oxygens (including phenoxy) is 1. The van der Waals surface area contributed by atoms with Crippen LogP contribution in [0.4, 0.5) is 5.69 Å². The molecule has 0 saturated heterocycles. The van der Waals surface area contributed by atoms with Crippen LogP contribution >= 0.6 is 11.3 Å². The summed E-state index contributed by atoms with van der Waals surface area (Å²) in [4.78, 5) is 20.5. The molecule has 0 saturated carbocycles. The van der Waals surface area contributed by atoms with Gasteiger partial charge in [-0.15, -0.1) is 11.3 Å². The van der Waals surface area contributed by atoms with Crippen molar-refractivity contribution < 1.29 is 9.53 Å². The molecule has 0 spiro atoms. The largest absolute Gasteiger partial charge is 0.496 e. The van der Waals surface area contributed by atoms with Crippen LogP contribution in [-0.2, 0) is 4.79 Å². The number of carbonyl (C=O) groups excluding carboxylic acids is 1. The summed E-state index contributed by atoms with van der Waals surface area (Å²) in [5.74, 6) is 1.11. The molecule has 3 aromatic rings. The molecule has 5 heteroatoms. The molecular weight excluding hydrogens is 356 g/mol. The van der Waals surface area contributed by atoms with E-state index in [-0.39, 0.29) is 5.91 Å². The molecule has 0 radical (unpaired) electrons. The van der Waals surface area contributed by atoms with Gasteiger partial charge in [0.15, 0.2) is 5.84 Å². The number of amides is 1. The number of carbonyl (C=O) groups is 1. The number of hydrogen-bond acceptors (Lipinski definition) is 4. The minimum absolute atomic E-state index is 0.145. The van der Waals surface area contributed by atoms with Gasteiger partial charge in [-0.25, -0.2) is 4.99 Å². The summed E-state index contributed by atoms with van der Waals surface area (Å²) < 4.78 is 5.50. The number of aliphatic imine (C=N–C) groups is 1. The van der Waals surface area contributed by atoms with Crippen LogP contribution in [-0.4, -0.2) is 18.9 Å². The lowest BCUT2D eigenvalue weighted by Crippen LogP contribution is -2.32. The fourth-order valence-corrected chi connectivity index (χ4v) is 3.62. The summed E-state index contributed by atoms with van der Waals surface area (Å²) in [6.45, 7) is 2.02. The van der Waals surface area contributed by atoms with E-state index in [1.165, 1.54) is 0 Å². The number of rotatable bonds is 4. The Morgan fingerprint density at radius 3 is 2.52 bits per heavy atom. The molecule has 1 aliphatic heterocycles. The molecular formula is C22H18N2O2S. The Kier molecular flexibility index (Phi) is 4.60. The van der Waals surface area contributed by atoms with E-state index >= 15 is 0 Å². The van der Waals surface area contributed by atoms with Gasteiger partial charge in [0.2, 0.25) is 0 Å². The summed E-state index contributed by atoms with van der Waals surface area (Å²) >= 11 is 1.57. The van der Waals surface area contributed by atoms with Crippen molar-refractivity contribution in [3.63, 3.8) is 0 Å². The normalized spacial score (nSPS) is 15.3. The van der Waals surface area contributed by atoms with Crippen molar-refractivity contribution in [1.82, 2.24) is 0 Å². The Morgan fingerprint density at radius 2 is 1.81 bits per heavy atom. The zero-order chi connectivity index (χ0) is 18.8. The molecule has 1 amide bonds. The van der Waals surface area contributed by atoms with Gasteiger partial charge in [0.1, 0.15) is 11.4 Å². The predicted molar refractivity (Wildman–Crippen MR) is 110 cm³/mol. The van der Waals surface area contributed by atoms with Crippen molar-refractivity contribution in [3.8, 4) is 5.75 Å². The lowest BCUT2D eigenvalue weighted by Gasteiger charge is -2.20. The zero-order valence-electron chi connectivity index (χ0n) is 15.0. The fourth-order valence-electron chi connectivity index (χ4n) is 2.97. The summed E-state index contributed by atoms with van der Waals surface area (Å²) in [6, 6.07) is 19.4. The van der Waals surface area contributed by atoms with E-state index in [4.69, 9.17) is 4.74 Å². The van der Waals surface area contributed by atoms with Gasteiger partial charge in [-0.2, -0.15) is 0 Å². The number of hydrogen-bond donors (Lipinski definition) is 0. The number of thiophene rings is 1. The SMILES string of the molecule is COc1ccccc1C1=N/C(=C/c2cccs2)C(=O)N1c1ccc(C)cc1. The number of methoxy groups -OCH3 is 1. The quantitative estimate of drug-likeness (QED) is 0.610. The third kappa shape index (κ3) is 3.29. The van der Waals surface area contributed by atoms with Crippen molar-refractivity contribution in [2.45, 2.75) is 6.92 Å². The number of para-hydroxylation sites is 1. The summed E-state index contributed by atoms with van der Waals surface area (Å²) in [7, 11) is 1.62. The van der Waals surface area contributed by atoms with Crippen molar-refractivity contribution >= 4 is 34.8 Å². The molecule has 134 valence electrons. The third-order valence-corrected chi connectivity index (χ3v) is 5.14. The standard InChI is InChI=1S/C22H18N2O2S/c1-15-9-11-16(12-10-15)24-21(18-7-3-4-8-20(18)26-2)23-19(22(24)25)14-17-6-5-13-27-17/h3-14H,1-2H3/b19-14+. The van der Waals surface area contributed by atoms with Gasteiger partial charge in [0.25, 0.3) is 5.91 Å². The molecule has 4 rings (SSSR count). The maximum Gasteiger partial charge on any atom is 0.282 e. The maximum absolute atomic E-state index is 13.2. The molecule has 0 bridgehead atoms. The van der Waals surface area contributed by atoms with Gasteiger partial charge in [-0.05, 0) is 48.7 Å². The highest BCUT2D eigenvalue weighted by atomic mass is 32.1. The van der Waals surface area contributed by atoms with Gasteiger partial charge in [-0.3, -0.25) is 9.69 Å². The first kappa shape index (κ1) is 17.2. The smallest absolute Gasteiger partial charge is 0.282 e. The van der Waals surface area contributed by atoms with E-state index in [1.807, 2.05) is 79.0 Å². The lowest BCUT2D eigenvalue weighted by molar-refractivity contribution is -0.113. The molecule has 0 N–H and O–H groups in total. The summed E-state index contributed by atoms with van der Waals surface area (Å²) in [5.41, 5.74) is 3.11. The highest BCUT2D eigenvalue weighted by Crippen LogP contribution is 2.31. The Balaban J connectivity index is 1.86. The topological polar surface area (TPSA) is 41.9 Å². The average Bonchev–Trinajstić information content (AvgIpc) is 3.31. The monoisotopic (exact) mass is 374 g/mol. The third-order valence-electron chi connectivity index (χ3n) is 4.32. The van der Waals surface area contributed by atoms with Gasteiger partial charge in [0.05, 0.1) is 18.4 Å². The molecule has 1 aliphatic rings. The van der Waals surface area contributed by atoms with E-state index in [0.717, 1.165) is 21.7 Å². The number of aryl methyl sites for hydroxylation is 1. The Labute approximate surface area is 162 Å². The first-order valence-corrected chi connectivity index (χ1v) is 9.44. The van der Waals surface area contributed by atoms with Crippen LogP contribution in [0.15, 0.2) is 76.7 Å². The van der Waals surface area contributed by atoms with Crippen molar-refractivity contribution in [2.24, 2.45) is 4.99 Å². The van der Waals surface area contributed by atoms with Crippen LogP contribution in [0.25, 0.3) is 6.08 Å². The minimum atomic E-state index is -0.145. The van der Waals surface area contributed by atoms with Crippen molar-refractivity contribution in [1.29, 1.82) is 0 Å². The highest BCUT2D eigenvalue weighted by molar-refractivity contribution is 7.10. The highest BCUT2D eigenvalue weighted by Gasteiger charge is 2.33. The lowest BCUT2D eigenvalue weighted by atomic mass is 10.1. The minimum Gasteiger partial charge on any atom is -0.496 e. The maximum atomic E-state index is 13.2. The van der Waals surface area contributed by atoms with E-state index in [9.17, 15) is 4.79 Å². The van der Waals surface area contributed by atoms with Gasteiger partial charge in [0, 0.05) is 4.88 Å². The first-order chi connectivity index (χ1) is 13.2. The number of amidine groups is 1. The summed E-state index contributed by atoms with van der Waals surface area (Å²) in [6.07, 6.45) is 1.83. The van der Waals surface area contributed by atoms with Gasteiger partial charge >= 0.3 is 0 Å². The Hall–Kier alpha value is -3.18. The molecule has 0 fully saturated rings. The molecule has 4 nitrogen and oxygen atoms in total. The summed E-state index contributed by atoms with van der Waals surface area (Å²) in [5, 5.41) is 1.98. The molecule has 0 aliphatic carbocycles. The van der Waals surface area contributed by atoms with Crippen LogP contribution in [0.5, 0.6) is 5.75 Å². The Bertz CT molecular complexity index is 1030. The molecule has 1 aromatic heterocycles. The van der Waals surface area contributed by atoms with E-state index < -0.39 is 0 Å². The van der Waals surface area contributed by atoms with E-state index in [1.54, 1.807) is 23.3 Å². The number of benzene rings is 2. The van der Waals surface area contributed by atoms with Crippen LogP contribution in [0.3, 0.4) is 0 Å². The molecule has 0 unspecified atom stereocenters. The van der Waals surface area contributed by atoms with Gasteiger partial charge in [-0.1, -0.05) is 35.9 Å². The number of nitrogens with zero attached hydrogens (tertiary/aromatic N) is 2. The second kappa shape index (κ2) is 7.21. The number of anilines is 1. The van der Waals surface area contributed by atoms with Crippen LogP contribution in [0, 0.1) is 6.92 Å². The fraction of sp³-hybridized carbons (Fsp3) is 0.0909. The second-order valence-electron chi connectivity index (χ2n) is 6.16. The van der Waals surface area contributed by atoms with E-state index in [2.05, 4.69) is 4.99 Å². The predicted octanol–water partition coefficient (Wildman–Crippen LogP) is 4.90. The molecule has 27 heavy (non-hydrogen) atoms. The zero-order valence-corrected chi connectivity index (χ0v) is 15.9. The first-order valence-electron chi connectivity index (χ1n) is 8.56. The molecule has 2 heterocycles. The Morgan fingerprint density at radius 1 is 1.04 bits per heavy atom. The molecule has 2 aromatic carbocycles. The van der Waals surface area contributed by atoms with E-state index in [0.29, 0.717) is 17.3 Å². The molecule has 0 atom stereocenters. The van der Waals surface area contributed by atoms with Crippen LogP contribution in [0.2, 0.25) is 0 Å². The second-order valence-corrected chi connectivity index (χ2v) is 7.14. The van der Waals surface area contributed by atoms with Crippen LogP contribution < -0.4 is 9.64 Å². The van der Waals surface area contributed by atoms with Crippen LogP contribution in [0.1, 0.15) is 16.0 Å².